The maximum atomic E-state index is 11.7. The van der Waals surface area contributed by atoms with Crippen LogP contribution in [0.15, 0.2) is 0 Å². The van der Waals surface area contributed by atoms with Crippen LogP contribution in [0.25, 0.3) is 0 Å². The zero-order valence-electron chi connectivity index (χ0n) is 19.4. The summed E-state index contributed by atoms with van der Waals surface area (Å²) in [6.45, 7) is 3.30. The molecule has 15 nitrogen and oxygen atoms in total. The SMILES string of the molecule is CC(=O)N[C@@H]1[C@@H](O[C@@H]2O[C@@H](C)[C@H](O)[C@@H](O)[C@H]2O[C@@H]2O[C@@H](C)[C@H](O)[C@@H](O)[C@H]2O)[C@H](O)[C@@H](CO)O[C@@H]1O. The third-order valence-electron chi connectivity index (χ3n) is 6.42. The number of rotatable bonds is 6. The normalized spacial score (nSPS) is 51.1. The van der Waals surface area contributed by atoms with Crippen LogP contribution in [0, 0.1) is 0 Å². The third-order valence-corrected chi connectivity index (χ3v) is 6.42. The summed E-state index contributed by atoms with van der Waals surface area (Å²) in [6.07, 6.45) is -20.7. The first-order valence-corrected chi connectivity index (χ1v) is 11.3. The minimum absolute atomic E-state index is 0.595. The van der Waals surface area contributed by atoms with Crippen molar-refractivity contribution in [2.75, 3.05) is 6.61 Å². The molecule has 0 bridgehead atoms. The Morgan fingerprint density at radius 3 is 1.86 bits per heavy atom. The van der Waals surface area contributed by atoms with E-state index >= 15 is 0 Å². The summed E-state index contributed by atoms with van der Waals surface area (Å²) in [4.78, 5) is 11.7. The van der Waals surface area contributed by atoms with Crippen LogP contribution >= 0.6 is 0 Å². The lowest BCUT2D eigenvalue weighted by molar-refractivity contribution is -0.377. The standard InChI is InChI=1S/C20H35NO14/c1-5-10(24)13(27)15(29)19(31-5)35-17-14(28)11(25)6(2)32-20(17)34-16-9(21-7(3)23)18(30)33-8(4-22)12(16)26/h5-6,8-20,22,24-30H,4H2,1-3H3,(H,21,23)/t5-,6-,8+,9+,10-,11-,12+,13+,14+,15+,16+,17+,18-,19-,20-/m0/s1. The number of aliphatic hydroxyl groups excluding tert-OH is 8. The number of ether oxygens (including phenoxy) is 5. The maximum absolute atomic E-state index is 11.7. The molecule has 0 spiro atoms. The Labute approximate surface area is 200 Å². The van der Waals surface area contributed by atoms with Gasteiger partial charge in [-0.15, -0.1) is 0 Å². The summed E-state index contributed by atoms with van der Waals surface area (Å²) in [6, 6.07) is -1.33. The molecule has 0 unspecified atom stereocenters. The molecular weight excluding hydrogens is 478 g/mol. The van der Waals surface area contributed by atoms with E-state index in [-0.39, 0.29) is 0 Å². The van der Waals surface area contributed by atoms with Crippen molar-refractivity contribution in [2.24, 2.45) is 0 Å². The Morgan fingerprint density at radius 1 is 0.743 bits per heavy atom. The Morgan fingerprint density at radius 2 is 1.29 bits per heavy atom. The molecule has 9 N–H and O–H groups in total. The van der Waals surface area contributed by atoms with E-state index in [0.29, 0.717) is 0 Å². The average Bonchev–Trinajstić information content (AvgIpc) is 2.80. The van der Waals surface area contributed by atoms with Gasteiger partial charge < -0.3 is 69.9 Å². The van der Waals surface area contributed by atoms with Crippen LogP contribution < -0.4 is 5.32 Å². The molecule has 35 heavy (non-hydrogen) atoms. The number of hydrogen-bond acceptors (Lipinski definition) is 14. The van der Waals surface area contributed by atoms with E-state index in [2.05, 4.69) is 5.32 Å². The van der Waals surface area contributed by atoms with E-state index in [1.54, 1.807) is 0 Å². The lowest BCUT2D eigenvalue weighted by atomic mass is 9.95. The molecule has 3 aliphatic rings. The lowest BCUT2D eigenvalue weighted by Crippen LogP contribution is -2.68. The fraction of sp³-hybridized carbons (Fsp3) is 0.950. The van der Waals surface area contributed by atoms with Crippen molar-refractivity contribution in [2.45, 2.75) is 113 Å². The van der Waals surface area contributed by atoms with Gasteiger partial charge in [0.1, 0.15) is 61.0 Å². The van der Waals surface area contributed by atoms with E-state index in [9.17, 15) is 45.6 Å². The van der Waals surface area contributed by atoms with Gasteiger partial charge in [-0.2, -0.15) is 0 Å². The van der Waals surface area contributed by atoms with E-state index in [1.807, 2.05) is 0 Å². The van der Waals surface area contributed by atoms with Gasteiger partial charge in [0.2, 0.25) is 5.91 Å². The van der Waals surface area contributed by atoms with Crippen LogP contribution in [0.5, 0.6) is 0 Å². The first kappa shape index (κ1) is 28.5. The predicted molar refractivity (Wildman–Crippen MR) is 110 cm³/mol. The molecule has 3 saturated heterocycles. The van der Waals surface area contributed by atoms with Gasteiger partial charge in [-0.05, 0) is 13.8 Å². The molecule has 0 aromatic heterocycles. The molecule has 0 aromatic carbocycles. The molecule has 204 valence electrons. The highest BCUT2D eigenvalue weighted by molar-refractivity contribution is 5.73. The van der Waals surface area contributed by atoms with Crippen molar-refractivity contribution in [3.63, 3.8) is 0 Å². The van der Waals surface area contributed by atoms with Crippen LogP contribution in [0.4, 0.5) is 0 Å². The van der Waals surface area contributed by atoms with E-state index in [4.69, 9.17) is 23.7 Å². The van der Waals surface area contributed by atoms with Crippen molar-refractivity contribution in [1.82, 2.24) is 5.32 Å². The van der Waals surface area contributed by atoms with E-state index in [1.165, 1.54) is 13.8 Å². The van der Waals surface area contributed by atoms with Crippen LogP contribution in [0.2, 0.25) is 0 Å². The highest BCUT2D eigenvalue weighted by Gasteiger charge is 2.53. The molecule has 3 rings (SSSR count). The number of carbonyl (C=O) groups excluding carboxylic acids is 1. The van der Waals surface area contributed by atoms with Gasteiger partial charge in [-0.3, -0.25) is 4.79 Å². The monoisotopic (exact) mass is 513 g/mol. The molecule has 0 aromatic rings. The Bertz CT molecular complexity index is 715. The molecule has 3 aliphatic heterocycles. The van der Waals surface area contributed by atoms with Gasteiger partial charge in [0.15, 0.2) is 18.9 Å². The molecule has 1 amide bonds. The second-order valence-corrected chi connectivity index (χ2v) is 9.04. The van der Waals surface area contributed by atoms with Gasteiger partial charge in [-0.1, -0.05) is 0 Å². The van der Waals surface area contributed by atoms with Gasteiger partial charge >= 0.3 is 0 Å². The van der Waals surface area contributed by atoms with Crippen LogP contribution in [-0.2, 0) is 28.5 Å². The minimum Gasteiger partial charge on any atom is -0.394 e. The molecule has 0 radical (unpaired) electrons. The van der Waals surface area contributed by atoms with Gasteiger partial charge in [0, 0.05) is 6.92 Å². The van der Waals surface area contributed by atoms with Crippen molar-refractivity contribution in [1.29, 1.82) is 0 Å². The Hall–Kier alpha value is -1.05. The van der Waals surface area contributed by atoms with Crippen LogP contribution in [-0.4, -0.2) is 145 Å². The number of amides is 1. The van der Waals surface area contributed by atoms with Gasteiger partial charge in [0.25, 0.3) is 0 Å². The molecule has 15 heteroatoms. The summed E-state index contributed by atoms with van der Waals surface area (Å²) in [5, 5.41) is 84.2. The highest BCUT2D eigenvalue weighted by atomic mass is 16.8. The second-order valence-electron chi connectivity index (χ2n) is 9.04. The first-order chi connectivity index (χ1) is 16.4. The second kappa shape index (κ2) is 11.6. The fourth-order valence-corrected chi connectivity index (χ4v) is 4.33. The lowest BCUT2D eigenvalue weighted by Gasteiger charge is -2.48. The molecular formula is C20H35NO14. The van der Waals surface area contributed by atoms with Crippen molar-refractivity contribution in [3.8, 4) is 0 Å². The first-order valence-electron chi connectivity index (χ1n) is 11.3. The highest BCUT2D eigenvalue weighted by Crippen LogP contribution is 2.32. The summed E-state index contributed by atoms with van der Waals surface area (Å²) in [5.41, 5.74) is 0. The van der Waals surface area contributed by atoms with E-state index in [0.717, 1.165) is 6.92 Å². The Kier molecular flexibility index (Phi) is 9.42. The van der Waals surface area contributed by atoms with Crippen LogP contribution in [0.3, 0.4) is 0 Å². The summed E-state index contributed by atoms with van der Waals surface area (Å²) in [7, 11) is 0. The van der Waals surface area contributed by atoms with Crippen LogP contribution in [0.1, 0.15) is 20.8 Å². The topological polar surface area (TPSA) is 237 Å². The minimum atomic E-state index is -1.74. The van der Waals surface area contributed by atoms with Crippen molar-refractivity contribution >= 4 is 5.91 Å². The third kappa shape index (κ3) is 5.93. The fourth-order valence-electron chi connectivity index (χ4n) is 4.33. The van der Waals surface area contributed by atoms with E-state index < -0.39 is 105 Å². The predicted octanol–water partition coefficient (Wildman–Crippen LogP) is -5.37. The molecule has 0 saturated carbocycles. The van der Waals surface area contributed by atoms with Gasteiger partial charge in [0.05, 0.1) is 18.8 Å². The average molecular weight is 513 g/mol. The van der Waals surface area contributed by atoms with Gasteiger partial charge in [-0.25, -0.2) is 0 Å². The largest absolute Gasteiger partial charge is 0.394 e. The van der Waals surface area contributed by atoms with Crippen molar-refractivity contribution < 1.29 is 69.3 Å². The molecule has 15 atom stereocenters. The number of aliphatic hydroxyl groups is 8. The van der Waals surface area contributed by atoms with Crippen molar-refractivity contribution in [3.05, 3.63) is 0 Å². The number of carbonyl (C=O) groups is 1. The zero-order chi connectivity index (χ0) is 26.2. The summed E-state index contributed by atoms with van der Waals surface area (Å²) < 4.78 is 27.6. The number of hydrogen-bond donors (Lipinski definition) is 9. The Balaban J connectivity index is 1.86. The summed E-state index contributed by atoms with van der Waals surface area (Å²) >= 11 is 0. The molecule has 3 fully saturated rings. The number of nitrogens with one attached hydrogen (secondary N) is 1. The smallest absolute Gasteiger partial charge is 0.217 e. The quantitative estimate of drug-likeness (QED) is 0.161. The maximum Gasteiger partial charge on any atom is 0.217 e. The zero-order valence-corrected chi connectivity index (χ0v) is 19.4. The molecule has 3 heterocycles. The molecule has 0 aliphatic carbocycles. The summed E-state index contributed by atoms with van der Waals surface area (Å²) in [5.74, 6) is -0.595.